The maximum atomic E-state index is 12.0. The number of amides is 1. The minimum Gasteiger partial charge on any atom is -0.467 e. The molecule has 134 valence electrons. The van der Waals surface area contributed by atoms with Crippen molar-refractivity contribution in [2.75, 3.05) is 36.5 Å². The summed E-state index contributed by atoms with van der Waals surface area (Å²) in [7, 11) is 0. The predicted molar refractivity (Wildman–Crippen MR) is 97.5 cm³/mol. The summed E-state index contributed by atoms with van der Waals surface area (Å²) in [6, 6.07) is 11.7. The van der Waals surface area contributed by atoms with Gasteiger partial charge in [-0.25, -0.2) is 0 Å². The highest BCUT2D eigenvalue weighted by Crippen LogP contribution is 2.29. The highest BCUT2D eigenvalue weighted by molar-refractivity contribution is 5.82. The number of piperidine rings is 1. The second-order valence-electron chi connectivity index (χ2n) is 6.34. The summed E-state index contributed by atoms with van der Waals surface area (Å²) in [5, 5.41) is 15.3. The molecular formula is C19H25N3O3. The molecule has 1 aliphatic heterocycles. The van der Waals surface area contributed by atoms with Crippen LogP contribution in [-0.2, 0) is 11.3 Å². The van der Waals surface area contributed by atoms with Crippen LogP contribution in [0, 0.1) is 5.92 Å². The van der Waals surface area contributed by atoms with E-state index in [1.165, 1.54) is 0 Å². The fraction of sp³-hybridized carbons (Fsp3) is 0.421. The lowest BCUT2D eigenvalue weighted by molar-refractivity contribution is -0.119. The average Bonchev–Trinajstić information content (AvgIpc) is 3.19. The maximum Gasteiger partial charge on any atom is 0.239 e. The van der Waals surface area contributed by atoms with Gasteiger partial charge in [0.1, 0.15) is 5.76 Å². The summed E-state index contributed by atoms with van der Waals surface area (Å²) in [6.07, 6.45) is 3.58. The molecule has 0 atom stereocenters. The summed E-state index contributed by atoms with van der Waals surface area (Å²) < 4.78 is 5.20. The smallest absolute Gasteiger partial charge is 0.239 e. The first kappa shape index (κ1) is 17.4. The molecule has 6 nitrogen and oxygen atoms in total. The quantitative estimate of drug-likeness (QED) is 0.718. The Labute approximate surface area is 147 Å². The van der Waals surface area contributed by atoms with E-state index >= 15 is 0 Å². The lowest BCUT2D eigenvalue weighted by Crippen LogP contribution is -2.35. The van der Waals surface area contributed by atoms with Crippen LogP contribution in [0.25, 0.3) is 0 Å². The fourth-order valence-corrected chi connectivity index (χ4v) is 3.09. The van der Waals surface area contributed by atoms with Gasteiger partial charge in [0.2, 0.25) is 5.91 Å². The van der Waals surface area contributed by atoms with Crippen LogP contribution in [0.15, 0.2) is 47.1 Å². The third kappa shape index (κ3) is 4.76. The molecule has 2 heterocycles. The molecule has 25 heavy (non-hydrogen) atoms. The molecule has 0 aliphatic carbocycles. The number of nitrogens with zero attached hydrogens (tertiary/aromatic N) is 1. The van der Waals surface area contributed by atoms with Gasteiger partial charge in [-0.2, -0.15) is 0 Å². The van der Waals surface area contributed by atoms with Gasteiger partial charge < -0.3 is 25.1 Å². The number of nitrogens with one attached hydrogen (secondary N) is 2. The van der Waals surface area contributed by atoms with Gasteiger partial charge in [0.15, 0.2) is 0 Å². The van der Waals surface area contributed by atoms with Crippen molar-refractivity contribution in [3.05, 3.63) is 48.4 Å². The van der Waals surface area contributed by atoms with E-state index in [1.54, 1.807) is 12.3 Å². The zero-order chi connectivity index (χ0) is 17.5. The van der Waals surface area contributed by atoms with Crippen molar-refractivity contribution in [1.82, 2.24) is 5.32 Å². The first-order chi connectivity index (χ1) is 12.3. The van der Waals surface area contributed by atoms with E-state index in [2.05, 4.69) is 21.6 Å². The Kier molecular flexibility index (Phi) is 5.95. The van der Waals surface area contributed by atoms with Crippen LogP contribution in [0.4, 0.5) is 11.4 Å². The summed E-state index contributed by atoms with van der Waals surface area (Å²) in [5.41, 5.74) is 2.07. The summed E-state index contributed by atoms with van der Waals surface area (Å²) in [4.78, 5) is 14.3. The summed E-state index contributed by atoms with van der Waals surface area (Å²) >= 11 is 0. The molecule has 2 aromatic rings. The molecule has 3 rings (SSSR count). The van der Waals surface area contributed by atoms with Crippen LogP contribution >= 0.6 is 0 Å². The van der Waals surface area contributed by atoms with Crippen LogP contribution in [0.5, 0.6) is 0 Å². The fourth-order valence-electron chi connectivity index (χ4n) is 3.09. The minimum atomic E-state index is -0.0785. The van der Waals surface area contributed by atoms with E-state index in [1.807, 2.05) is 24.3 Å². The Morgan fingerprint density at radius 1 is 1.20 bits per heavy atom. The lowest BCUT2D eigenvalue weighted by atomic mass is 9.97. The van der Waals surface area contributed by atoms with E-state index in [0.717, 1.165) is 43.1 Å². The molecule has 1 saturated heterocycles. The molecular weight excluding hydrogens is 318 g/mol. The highest BCUT2D eigenvalue weighted by atomic mass is 16.3. The molecule has 1 aliphatic rings. The highest BCUT2D eigenvalue weighted by Gasteiger charge is 2.20. The van der Waals surface area contributed by atoms with Gasteiger partial charge >= 0.3 is 0 Å². The number of hydrogen-bond acceptors (Lipinski definition) is 5. The number of benzene rings is 1. The van der Waals surface area contributed by atoms with Gasteiger partial charge in [-0.15, -0.1) is 0 Å². The van der Waals surface area contributed by atoms with Gasteiger partial charge in [-0.1, -0.05) is 12.1 Å². The number of rotatable bonds is 7. The standard InChI is InChI=1S/C19H25N3O3/c23-14-15-7-9-22(10-8-15)18-6-2-1-5-17(18)20-13-19(24)21-12-16-4-3-11-25-16/h1-6,11,15,20,23H,7-10,12-14H2,(H,21,24). The molecule has 1 aromatic carbocycles. The Hall–Kier alpha value is -2.47. The van der Waals surface area contributed by atoms with Crippen LogP contribution in [0.3, 0.4) is 0 Å². The number of hydrogen-bond donors (Lipinski definition) is 3. The molecule has 3 N–H and O–H groups in total. The lowest BCUT2D eigenvalue weighted by Gasteiger charge is -2.34. The van der Waals surface area contributed by atoms with Crippen LogP contribution in [0.1, 0.15) is 18.6 Å². The first-order valence-corrected chi connectivity index (χ1v) is 8.74. The Morgan fingerprint density at radius 2 is 2.00 bits per heavy atom. The zero-order valence-corrected chi connectivity index (χ0v) is 14.3. The van der Waals surface area contributed by atoms with E-state index < -0.39 is 0 Å². The summed E-state index contributed by atoms with van der Waals surface area (Å²) in [5.74, 6) is 1.06. The van der Waals surface area contributed by atoms with Crippen molar-refractivity contribution in [2.24, 2.45) is 5.92 Å². The van der Waals surface area contributed by atoms with E-state index in [9.17, 15) is 9.90 Å². The molecule has 0 unspecified atom stereocenters. The van der Waals surface area contributed by atoms with E-state index in [-0.39, 0.29) is 19.1 Å². The van der Waals surface area contributed by atoms with Crippen molar-refractivity contribution < 1.29 is 14.3 Å². The van der Waals surface area contributed by atoms with Gasteiger partial charge in [0.05, 0.1) is 30.7 Å². The molecule has 6 heteroatoms. The van der Waals surface area contributed by atoms with Crippen molar-refractivity contribution in [3.8, 4) is 0 Å². The second kappa shape index (κ2) is 8.58. The number of furan rings is 1. The number of carbonyl (C=O) groups is 1. The molecule has 0 saturated carbocycles. The van der Waals surface area contributed by atoms with Gasteiger partial charge in [-0.05, 0) is 43.0 Å². The van der Waals surface area contributed by atoms with Crippen molar-refractivity contribution in [2.45, 2.75) is 19.4 Å². The van der Waals surface area contributed by atoms with Crippen LogP contribution < -0.4 is 15.5 Å². The molecule has 1 amide bonds. The maximum absolute atomic E-state index is 12.0. The Balaban J connectivity index is 1.53. The third-order valence-electron chi connectivity index (χ3n) is 4.60. The normalized spacial score (nSPS) is 15.2. The first-order valence-electron chi connectivity index (χ1n) is 8.74. The number of aliphatic hydroxyl groups is 1. The molecule has 1 aromatic heterocycles. The molecule has 0 spiro atoms. The van der Waals surface area contributed by atoms with E-state index in [4.69, 9.17) is 4.42 Å². The summed E-state index contributed by atoms with van der Waals surface area (Å²) in [6.45, 7) is 2.72. The predicted octanol–water partition coefficient (Wildman–Crippen LogP) is 2.22. The van der Waals surface area contributed by atoms with Crippen molar-refractivity contribution in [3.63, 3.8) is 0 Å². The molecule has 1 fully saturated rings. The van der Waals surface area contributed by atoms with Crippen LogP contribution in [0.2, 0.25) is 0 Å². The second-order valence-corrected chi connectivity index (χ2v) is 6.34. The topological polar surface area (TPSA) is 77.7 Å². The van der Waals surface area contributed by atoms with Crippen molar-refractivity contribution >= 4 is 17.3 Å². The van der Waals surface area contributed by atoms with Gasteiger partial charge in [-0.3, -0.25) is 4.79 Å². The van der Waals surface area contributed by atoms with E-state index in [0.29, 0.717) is 12.5 Å². The largest absolute Gasteiger partial charge is 0.467 e. The van der Waals surface area contributed by atoms with Gasteiger partial charge in [0, 0.05) is 19.7 Å². The van der Waals surface area contributed by atoms with Crippen LogP contribution in [-0.4, -0.2) is 37.3 Å². The Bertz CT molecular complexity index is 664. The third-order valence-corrected chi connectivity index (χ3v) is 4.60. The monoisotopic (exact) mass is 343 g/mol. The molecule has 0 bridgehead atoms. The average molecular weight is 343 g/mol. The SMILES string of the molecule is O=C(CNc1ccccc1N1CCC(CO)CC1)NCc1ccco1. The van der Waals surface area contributed by atoms with Gasteiger partial charge in [0.25, 0.3) is 0 Å². The zero-order valence-electron chi connectivity index (χ0n) is 14.3. The number of carbonyl (C=O) groups excluding carboxylic acids is 1. The number of para-hydroxylation sites is 2. The van der Waals surface area contributed by atoms with Crippen molar-refractivity contribution in [1.29, 1.82) is 0 Å². The Morgan fingerprint density at radius 3 is 2.72 bits per heavy atom. The minimum absolute atomic E-state index is 0.0785. The number of aliphatic hydroxyl groups excluding tert-OH is 1. The molecule has 0 radical (unpaired) electrons. The number of anilines is 2.